The Morgan fingerprint density at radius 1 is 1.16 bits per heavy atom. The Kier molecular flexibility index (Phi) is 5.90. The number of fused-ring (bicyclic) bond motifs is 1. The number of methoxy groups -OCH3 is 1. The molecule has 31 heavy (non-hydrogen) atoms. The van der Waals surface area contributed by atoms with Gasteiger partial charge in [-0.15, -0.1) is 0 Å². The lowest BCUT2D eigenvalue weighted by atomic mass is 10.2. The van der Waals surface area contributed by atoms with Gasteiger partial charge in [0.15, 0.2) is 5.65 Å². The predicted molar refractivity (Wildman–Crippen MR) is 116 cm³/mol. The van der Waals surface area contributed by atoms with E-state index in [1.807, 2.05) is 6.07 Å². The molecule has 0 amide bonds. The van der Waals surface area contributed by atoms with Crippen LogP contribution in [-0.4, -0.2) is 36.6 Å². The number of benzene rings is 2. The maximum absolute atomic E-state index is 13.4. The number of hydrogen-bond acceptors (Lipinski definition) is 5. The van der Waals surface area contributed by atoms with E-state index >= 15 is 0 Å². The first-order chi connectivity index (χ1) is 14.9. The van der Waals surface area contributed by atoms with E-state index in [1.54, 1.807) is 35.0 Å². The quantitative estimate of drug-likeness (QED) is 0.452. The highest BCUT2D eigenvalue weighted by molar-refractivity contribution is 7.89. The highest BCUT2D eigenvalue weighted by atomic mass is 35.5. The number of nitrogens with one attached hydrogen (secondary N) is 1. The van der Waals surface area contributed by atoms with Crippen LogP contribution in [0.25, 0.3) is 22.6 Å². The molecule has 0 radical (unpaired) electrons. The summed E-state index contributed by atoms with van der Waals surface area (Å²) in [5, 5.41) is 0.282. The molecule has 2 heterocycles. The fourth-order valence-electron chi connectivity index (χ4n) is 3.22. The van der Waals surface area contributed by atoms with Crippen LogP contribution < -0.4 is 9.46 Å². The van der Waals surface area contributed by atoms with Crippen LogP contribution in [0.2, 0.25) is 5.02 Å². The smallest absolute Gasteiger partial charge is 0.244 e. The van der Waals surface area contributed by atoms with E-state index in [4.69, 9.17) is 16.3 Å². The van der Waals surface area contributed by atoms with Gasteiger partial charge in [-0.3, -0.25) is 0 Å². The van der Waals surface area contributed by atoms with Crippen molar-refractivity contribution in [3.8, 4) is 17.1 Å². The van der Waals surface area contributed by atoms with Crippen molar-refractivity contribution in [2.24, 2.45) is 0 Å². The zero-order valence-electron chi connectivity index (χ0n) is 16.4. The fourth-order valence-corrected chi connectivity index (χ4v) is 4.67. The number of pyridine rings is 1. The number of imidazole rings is 1. The van der Waals surface area contributed by atoms with Gasteiger partial charge in [0.2, 0.25) is 10.0 Å². The summed E-state index contributed by atoms with van der Waals surface area (Å²) in [6.45, 7) is 0.316. The minimum absolute atomic E-state index is 0.0464. The molecule has 160 valence electrons. The molecule has 2 aromatic carbocycles. The first-order valence-corrected chi connectivity index (χ1v) is 11.2. The lowest BCUT2D eigenvalue weighted by molar-refractivity contribution is 0.402. The molecule has 0 fully saturated rings. The second-order valence-corrected chi connectivity index (χ2v) is 8.80. The highest BCUT2D eigenvalue weighted by Crippen LogP contribution is 2.27. The van der Waals surface area contributed by atoms with Gasteiger partial charge >= 0.3 is 0 Å². The van der Waals surface area contributed by atoms with Gasteiger partial charge in [0.1, 0.15) is 27.8 Å². The lowest BCUT2D eigenvalue weighted by Crippen LogP contribution is -2.28. The molecule has 0 saturated carbocycles. The summed E-state index contributed by atoms with van der Waals surface area (Å²) in [5.74, 6) is 0.402. The standard InChI is InChI=1S/C21H18ClFN4O3S/c1-30-18-9-6-15(22)13-19(18)31(28,29)25-11-12-27-20(14-4-7-16(23)8-5-14)26-17-3-2-10-24-21(17)27/h2-10,13,25H,11-12H2,1H3. The predicted octanol–water partition coefficient (Wildman–Crippen LogP) is 3.88. The van der Waals surface area contributed by atoms with Gasteiger partial charge in [-0.1, -0.05) is 11.6 Å². The third-order valence-electron chi connectivity index (χ3n) is 4.65. The van der Waals surface area contributed by atoms with Gasteiger partial charge in [-0.05, 0) is 54.6 Å². The van der Waals surface area contributed by atoms with Crippen molar-refractivity contribution in [3.05, 3.63) is 71.6 Å². The van der Waals surface area contributed by atoms with Gasteiger partial charge < -0.3 is 9.30 Å². The number of rotatable bonds is 7. The minimum atomic E-state index is -3.88. The van der Waals surface area contributed by atoms with Gasteiger partial charge in [0.05, 0.1) is 7.11 Å². The average Bonchev–Trinajstić information content (AvgIpc) is 3.13. The maximum atomic E-state index is 13.4. The lowest BCUT2D eigenvalue weighted by Gasteiger charge is -2.13. The first kappa shape index (κ1) is 21.2. The van der Waals surface area contributed by atoms with Crippen molar-refractivity contribution in [3.63, 3.8) is 0 Å². The molecule has 0 aliphatic carbocycles. The summed E-state index contributed by atoms with van der Waals surface area (Å²) in [7, 11) is -2.49. The second-order valence-electron chi connectivity index (χ2n) is 6.63. The molecule has 0 atom stereocenters. The van der Waals surface area contributed by atoms with E-state index in [-0.39, 0.29) is 34.6 Å². The first-order valence-electron chi connectivity index (χ1n) is 9.29. The normalized spacial score (nSPS) is 11.7. The van der Waals surface area contributed by atoms with Crippen LogP contribution in [0, 0.1) is 5.82 Å². The SMILES string of the molecule is COc1ccc(Cl)cc1S(=O)(=O)NCCn1c(-c2ccc(F)cc2)nc2cccnc21. The van der Waals surface area contributed by atoms with Crippen molar-refractivity contribution in [1.82, 2.24) is 19.3 Å². The van der Waals surface area contributed by atoms with Crippen molar-refractivity contribution < 1.29 is 17.5 Å². The molecule has 4 aromatic rings. The number of hydrogen-bond donors (Lipinski definition) is 1. The molecule has 7 nitrogen and oxygen atoms in total. The Balaban J connectivity index is 1.63. The molecule has 0 aliphatic rings. The van der Waals surface area contributed by atoms with Gasteiger partial charge in [0.25, 0.3) is 0 Å². The Morgan fingerprint density at radius 2 is 1.94 bits per heavy atom. The Morgan fingerprint density at radius 3 is 2.68 bits per heavy atom. The largest absolute Gasteiger partial charge is 0.495 e. The molecule has 4 rings (SSSR count). The molecule has 0 spiro atoms. The summed E-state index contributed by atoms with van der Waals surface area (Å²) >= 11 is 5.97. The summed E-state index contributed by atoms with van der Waals surface area (Å²) in [5.41, 5.74) is 1.95. The molecule has 0 unspecified atom stereocenters. The summed E-state index contributed by atoms with van der Waals surface area (Å²) in [4.78, 5) is 8.91. The van der Waals surface area contributed by atoms with Crippen molar-refractivity contribution >= 4 is 32.8 Å². The molecular weight excluding hydrogens is 443 g/mol. The molecule has 0 saturated heterocycles. The number of ether oxygens (including phenoxy) is 1. The van der Waals surface area contributed by atoms with E-state index in [1.165, 1.54) is 31.4 Å². The summed E-state index contributed by atoms with van der Waals surface area (Å²) in [6.07, 6.45) is 1.63. The highest BCUT2D eigenvalue weighted by Gasteiger charge is 2.20. The Labute approximate surface area is 183 Å². The van der Waals surface area contributed by atoms with Gasteiger partial charge in [0, 0.05) is 29.9 Å². The zero-order chi connectivity index (χ0) is 22.0. The van der Waals surface area contributed by atoms with Gasteiger partial charge in [-0.2, -0.15) is 0 Å². The zero-order valence-corrected chi connectivity index (χ0v) is 18.0. The summed E-state index contributed by atoms with van der Waals surface area (Å²) < 4.78 is 48.5. The van der Waals surface area contributed by atoms with Crippen LogP contribution in [0.15, 0.2) is 65.7 Å². The molecule has 0 aliphatic heterocycles. The molecule has 1 N–H and O–H groups in total. The average molecular weight is 461 g/mol. The topological polar surface area (TPSA) is 86.1 Å². The Bertz CT molecular complexity index is 1340. The number of nitrogens with zero attached hydrogens (tertiary/aromatic N) is 3. The third kappa shape index (κ3) is 4.39. The minimum Gasteiger partial charge on any atom is -0.495 e. The number of aromatic nitrogens is 3. The molecule has 2 aromatic heterocycles. The van der Waals surface area contributed by atoms with Crippen molar-refractivity contribution in [2.75, 3.05) is 13.7 Å². The molecule has 10 heteroatoms. The monoisotopic (exact) mass is 460 g/mol. The fraction of sp³-hybridized carbons (Fsp3) is 0.143. The summed E-state index contributed by atoms with van der Waals surface area (Å²) in [6, 6.07) is 13.9. The van der Waals surface area contributed by atoms with Crippen LogP contribution in [0.3, 0.4) is 0 Å². The van der Waals surface area contributed by atoms with Crippen molar-refractivity contribution in [2.45, 2.75) is 11.4 Å². The molecular formula is C21H18ClFN4O3S. The van der Waals surface area contributed by atoms with Gasteiger partial charge in [-0.25, -0.2) is 27.5 Å². The van der Waals surface area contributed by atoms with Crippen molar-refractivity contribution in [1.29, 1.82) is 0 Å². The van der Waals surface area contributed by atoms with E-state index < -0.39 is 10.0 Å². The van der Waals surface area contributed by atoms with Crippen LogP contribution in [0.4, 0.5) is 4.39 Å². The van der Waals surface area contributed by atoms with E-state index in [0.29, 0.717) is 22.6 Å². The van der Waals surface area contributed by atoms with Crippen LogP contribution >= 0.6 is 11.6 Å². The number of sulfonamides is 1. The van der Waals surface area contributed by atoms with E-state index in [0.717, 1.165) is 0 Å². The maximum Gasteiger partial charge on any atom is 0.244 e. The molecule has 0 bridgehead atoms. The second kappa shape index (κ2) is 8.62. The van der Waals surface area contributed by atoms with Crippen LogP contribution in [0.5, 0.6) is 5.75 Å². The van der Waals surface area contributed by atoms with Crippen LogP contribution in [0.1, 0.15) is 0 Å². The Hall–Kier alpha value is -3.01. The van der Waals surface area contributed by atoms with Crippen LogP contribution in [-0.2, 0) is 16.6 Å². The number of halogens is 2. The van der Waals surface area contributed by atoms with E-state index in [9.17, 15) is 12.8 Å². The van der Waals surface area contributed by atoms with E-state index in [2.05, 4.69) is 14.7 Å². The third-order valence-corrected chi connectivity index (χ3v) is 6.37.